The highest BCUT2D eigenvalue weighted by Gasteiger charge is 2.31. The van der Waals surface area contributed by atoms with Crippen molar-refractivity contribution in [3.05, 3.63) is 53.3 Å². The number of likely N-dealkylation sites (tertiary alicyclic amines) is 1. The summed E-state index contributed by atoms with van der Waals surface area (Å²) in [5.74, 6) is -0.589. The lowest BCUT2D eigenvalue weighted by Crippen LogP contribution is -2.42. The number of rotatable bonds is 6. The van der Waals surface area contributed by atoms with E-state index in [0.717, 1.165) is 5.56 Å². The molecule has 0 unspecified atom stereocenters. The highest BCUT2D eigenvalue weighted by molar-refractivity contribution is 6.03. The molecule has 0 spiro atoms. The summed E-state index contributed by atoms with van der Waals surface area (Å²) in [6, 6.07) is 5.96. The smallest absolute Gasteiger partial charge is 0.410 e. The number of nitrogen functional groups attached to an aromatic ring is 1. The van der Waals surface area contributed by atoms with Gasteiger partial charge in [-0.25, -0.2) is 9.48 Å². The van der Waals surface area contributed by atoms with Crippen LogP contribution in [0.25, 0.3) is 11.3 Å². The Morgan fingerprint density at radius 1 is 1.08 bits per heavy atom. The van der Waals surface area contributed by atoms with E-state index in [1.165, 1.54) is 18.3 Å². The van der Waals surface area contributed by atoms with Gasteiger partial charge in [0.15, 0.2) is 0 Å². The maximum Gasteiger partial charge on any atom is 0.410 e. The lowest BCUT2D eigenvalue weighted by molar-refractivity contribution is -0.127. The summed E-state index contributed by atoms with van der Waals surface area (Å²) in [5, 5.41) is 8.93. The van der Waals surface area contributed by atoms with Crippen LogP contribution in [0.4, 0.5) is 23.8 Å². The van der Waals surface area contributed by atoms with E-state index in [1.54, 1.807) is 32.6 Å². The van der Waals surface area contributed by atoms with Gasteiger partial charge in [0.05, 0.1) is 25.2 Å². The molecule has 13 heteroatoms. The van der Waals surface area contributed by atoms with Gasteiger partial charge in [0, 0.05) is 24.8 Å². The van der Waals surface area contributed by atoms with Crippen molar-refractivity contribution in [2.75, 3.05) is 18.8 Å². The molecule has 4 rings (SSSR count). The summed E-state index contributed by atoms with van der Waals surface area (Å²) in [5.41, 5.74) is 13.2. The first-order chi connectivity index (χ1) is 18.2. The molecule has 0 bridgehead atoms. The Kier molecular flexibility index (Phi) is 7.62. The van der Waals surface area contributed by atoms with Gasteiger partial charge in [0.2, 0.25) is 0 Å². The largest absolute Gasteiger partial charge is 0.444 e. The van der Waals surface area contributed by atoms with Crippen LogP contribution < -0.4 is 11.5 Å². The summed E-state index contributed by atoms with van der Waals surface area (Å²) < 4.78 is 46.5. The number of amides is 2. The number of piperidine rings is 1. The maximum atomic E-state index is 12.6. The van der Waals surface area contributed by atoms with Crippen molar-refractivity contribution >= 4 is 17.8 Å². The second-order valence-electron chi connectivity index (χ2n) is 10.7. The standard InChI is InChI=1S/C26H32F3N7O3/c1-25(2,3)39-24(38)34-10-8-19(9-11-34)36-22(30)20(23(31)37)21(33-36)18-13-32-35(15-18)14-17-6-4-16(5-7-17)12-26(27,28)29/h4-7,13,15,19H,8-12,14,30H2,1-3H3,(H2,31,37). The summed E-state index contributed by atoms with van der Waals surface area (Å²) in [6.07, 6.45) is -1.31. The molecule has 4 N–H and O–H groups in total. The molecule has 2 aromatic heterocycles. The highest BCUT2D eigenvalue weighted by atomic mass is 19.4. The first-order valence-electron chi connectivity index (χ1n) is 12.5. The molecule has 3 heterocycles. The fourth-order valence-corrected chi connectivity index (χ4v) is 4.54. The lowest BCUT2D eigenvalue weighted by atomic mass is 10.1. The number of anilines is 1. The number of primary amides is 1. The number of benzene rings is 1. The third-order valence-electron chi connectivity index (χ3n) is 6.33. The minimum Gasteiger partial charge on any atom is -0.444 e. The van der Waals surface area contributed by atoms with Gasteiger partial charge in [-0.15, -0.1) is 0 Å². The van der Waals surface area contributed by atoms with Crippen molar-refractivity contribution < 1.29 is 27.5 Å². The van der Waals surface area contributed by atoms with Gasteiger partial charge in [-0.1, -0.05) is 24.3 Å². The molecule has 2 amide bonds. The number of nitrogens with two attached hydrogens (primary N) is 2. The number of nitrogens with zero attached hydrogens (tertiary/aromatic N) is 5. The van der Waals surface area contributed by atoms with E-state index in [-0.39, 0.29) is 29.1 Å². The number of alkyl halides is 3. The van der Waals surface area contributed by atoms with E-state index in [4.69, 9.17) is 16.2 Å². The quantitative estimate of drug-likeness (QED) is 0.476. The number of carbonyl (C=O) groups excluding carboxylic acids is 2. The van der Waals surface area contributed by atoms with E-state index >= 15 is 0 Å². The van der Waals surface area contributed by atoms with E-state index in [9.17, 15) is 22.8 Å². The number of hydrogen-bond acceptors (Lipinski definition) is 6. The maximum absolute atomic E-state index is 12.6. The molecule has 0 aliphatic carbocycles. The van der Waals surface area contributed by atoms with Crippen LogP contribution in [-0.2, 0) is 17.7 Å². The molecule has 39 heavy (non-hydrogen) atoms. The monoisotopic (exact) mass is 547 g/mol. The number of hydrogen-bond donors (Lipinski definition) is 2. The normalized spacial score (nSPS) is 15.0. The van der Waals surface area contributed by atoms with Crippen LogP contribution in [0.2, 0.25) is 0 Å². The molecule has 10 nitrogen and oxygen atoms in total. The number of carbonyl (C=O) groups is 2. The Balaban J connectivity index is 1.49. The van der Waals surface area contributed by atoms with Gasteiger partial charge in [0.25, 0.3) is 5.91 Å². The van der Waals surface area contributed by atoms with Gasteiger partial charge < -0.3 is 21.1 Å². The molecule has 1 aliphatic rings. The average Bonchev–Trinajstić information content (AvgIpc) is 3.42. The zero-order valence-electron chi connectivity index (χ0n) is 22.0. The second-order valence-corrected chi connectivity index (χ2v) is 10.7. The highest BCUT2D eigenvalue weighted by Crippen LogP contribution is 2.33. The van der Waals surface area contributed by atoms with Crippen LogP contribution in [0.3, 0.4) is 0 Å². The minimum atomic E-state index is -4.27. The topological polar surface area (TPSA) is 134 Å². The predicted octanol–water partition coefficient (Wildman–Crippen LogP) is 4.15. The number of halogens is 3. The van der Waals surface area contributed by atoms with Crippen LogP contribution in [0.5, 0.6) is 0 Å². The van der Waals surface area contributed by atoms with E-state index in [1.807, 2.05) is 20.8 Å². The van der Waals surface area contributed by atoms with Crippen molar-refractivity contribution in [3.63, 3.8) is 0 Å². The van der Waals surface area contributed by atoms with Crippen LogP contribution >= 0.6 is 0 Å². The lowest BCUT2D eigenvalue weighted by Gasteiger charge is -2.33. The number of aromatic nitrogens is 4. The molecular weight excluding hydrogens is 515 g/mol. The fourth-order valence-electron chi connectivity index (χ4n) is 4.54. The average molecular weight is 548 g/mol. The van der Waals surface area contributed by atoms with Crippen molar-refractivity contribution in [1.29, 1.82) is 0 Å². The minimum absolute atomic E-state index is 0.0839. The Morgan fingerprint density at radius 2 is 1.69 bits per heavy atom. The predicted molar refractivity (Wildman–Crippen MR) is 138 cm³/mol. The molecule has 1 aliphatic heterocycles. The van der Waals surface area contributed by atoms with Crippen molar-refractivity contribution in [1.82, 2.24) is 24.5 Å². The first-order valence-corrected chi connectivity index (χ1v) is 12.5. The SMILES string of the molecule is CC(C)(C)OC(=O)N1CCC(n2nc(-c3cnn(Cc4ccc(CC(F)(F)F)cc4)c3)c(C(N)=O)c2N)CC1. The molecule has 1 aromatic carbocycles. The van der Waals surface area contributed by atoms with Gasteiger partial charge >= 0.3 is 12.3 Å². The Bertz CT molecular complexity index is 1330. The second kappa shape index (κ2) is 10.6. The van der Waals surface area contributed by atoms with E-state index in [2.05, 4.69) is 10.2 Å². The summed E-state index contributed by atoms with van der Waals surface area (Å²) in [6.45, 7) is 6.62. The third-order valence-corrected chi connectivity index (χ3v) is 6.33. The zero-order chi connectivity index (χ0) is 28.5. The van der Waals surface area contributed by atoms with Crippen LogP contribution in [0, 0.1) is 0 Å². The van der Waals surface area contributed by atoms with E-state index in [0.29, 0.717) is 43.7 Å². The molecule has 210 valence electrons. The molecule has 1 saturated heterocycles. The van der Waals surface area contributed by atoms with Gasteiger partial charge in [-0.05, 0) is 44.7 Å². The van der Waals surface area contributed by atoms with E-state index < -0.39 is 24.1 Å². The van der Waals surface area contributed by atoms with Crippen LogP contribution in [0.15, 0.2) is 36.7 Å². The molecule has 0 atom stereocenters. The van der Waals surface area contributed by atoms with Crippen LogP contribution in [-0.4, -0.2) is 61.3 Å². The Morgan fingerprint density at radius 3 is 2.26 bits per heavy atom. The Hall–Kier alpha value is -4.03. The zero-order valence-corrected chi connectivity index (χ0v) is 22.0. The Labute approximate surface area is 223 Å². The summed E-state index contributed by atoms with van der Waals surface area (Å²) in [4.78, 5) is 26.4. The molecule has 1 fully saturated rings. The van der Waals surface area contributed by atoms with Crippen molar-refractivity contribution in [2.24, 2.45) is 5.73 Å². The molecule has 0 saturated carbocycles. The number of ether oxygens (including phenoxy) is 1. The van der Waals surface area contributed by atoms with Gasteiger partial charge in [-0.3, -0.25) is 9.48 Å². The van der Waals surface area contributed by atoms with Crippen molar-refractivity contribution in [3.8, 4) is 11.3 Å². The molecule has 0 radical (unpaired) electrons. The molecule has 3 aromatic rings. The molecular formula is C26H32F3N7O3. The summed E-state index contributed by atoms with van der Waals surface area (Å²) >= 11 is 0. The van der Waals surface area contributed by atoms with Gasteiger partial charge in [0.1, 0.15) is 22.7 Å². The fraction of sp³-hybridized carbons (Fsp3) is 0.462. The first kappa shape index (κ1) is 28.0. The van der Waals surface area contributed by atoms with Crippen LogP contribution in [0.1, 0.15) is 61.1 Å². The third kappa shape index (κ3) is 6.89. The van der Waals surface area contributed by atoms with Gasteiger partial charge in [-0.2, -0.15) is 23.4 Å². The summed E-state index contributed by atoms with van der Waals surface area (Å²) in [7, 11) is 0. The van der Waals surface area contributed by atoms with Crippen molar-refractivity contribution in [2.45, 2.75) is 64.4 Å².